The first-order valence-corrected chi connectivity index (χ1v) is 7.16. The van der Waals surface area contributed by atoms with Crippen molar-refractivity contribution in [2.24, 2.45) is 17.3 Å². The van der Waals surface area contributed by atoms with E-state index in [9.17, 15) is 5.11 Å². The number of β-amino-alcohol motifs (C(OH)–C–C–N with tert-alkyl or cyclic N) is 1. The molecule has 2 heteroatoms. The van der Waals surface area contributed by atoms with Crippen molar-refractivity contribution in [1.82, 2.24) is 4.90 Å². The van der Waals surface area contributed by atoms with Gasteiger partial charge < -0.3 is 5.11 Å². The fraction of sp³-hybridized carbons (Fsp3) is 0.867. The third-order valence-electron chi connectivity index (χ3n) is 5.47. The third-order valence-corrected chi connectivity index (χ3v) is 5.47. The third kappa shape index (κ3) is 1.96. The first-order chi connectivity index (χ1) is 8.07. The van der Waals surface area contributed by atoms with E-state index in [0.29, 0.717) is 5.41 Å². The Morgan fingerprint density at radius 3 is 2.94 bits per heavy atom. The van der Waals surface area contributed by atoms with Gasteiger partial charge in [-0.05, 0) is 49.5 Å². The Hall–Kier alpha value is -0.340. The van der Waals surface area contributed by atoms with Crippen LogP contribution in [0, 0.1) is 17.3 Å². The van der Waals surface area contributed by atoms with E-state index in [1.54, 1.807) is 5.57 Å². The molecule has 0 aromatic heterocycles. The van der Waals surface area contributed by atoms with Crippen molar-refractivity contribution in [3.63, 3.8) is 0 Å². The van der Waals surface area contributed by atoms with E-state index in [4.69, 9.17) is 0 Å². The summed E-state index contributed by atoms with van der Waals surface area (Å²) in [6.07, 6.45) is 7.25. The molecular weight excluding hydrogens is 210 g/mol. The second-order valence-electron chi connectivity index (χ2n) is 6.85. The van der Waals surface area contributed by atoms with E-state index in [1.165, 1.54) is 19.4 Å². The summed E-state index contributed by atoms with van der Waals surface area (Å²) in [6, 6.07) is 0. The van der Waals surface area contributed by atoms with Gasteiger partial charge in [-0.3, -0.25) is 4.90 Å². The predicted octanol–water partition coefficient (Wildman–Crippen LogP) is 2.44. The van der Waals surface area contributed by atoms with Crippen LogP contribution in [-0.2, 0) is 0 Å². The summed E-state index contributed by atoms with van der Waals surface area (Å²) >= 11 is 0. The number of likely N-dealkylation sites (tertiary alicyclic amines) is 1. The lowest BCUT2D eigenvalue weighted by Gasteiger charge is -2.57. The molecule has 4 aliphatic rings. The lowest BCUT2D eigenvalue weighted by Crippen LogP contribution is -2.50. The lowest BCUT2D eigenvalue weighted by atomic mass is 9.49. The summed E-state index contributed by atoms with van der Waals surface area (Å²) in [5.41, 5.74) is 2.20. The van der Waals surface area contributed by atoms with Crippen molar-refractivity contribution in [2.75, 3.05) is 19.6 Å². The molecule has 0 unspecified atom stereocenters. The molecule has 1 saturated carbocycles. The average Bonchev–Trinajstić information content (AvgIpc) is 2.29. The Labute approximate surface area is 105 Å². The number of nitrogens with zero attached hydrogens (tertiary/aromatic N) is 1. The maximum absolute atomic E-state index is 9.73. The highest BCUT2D eigenvalue weighted by Crippen LogP contribution is 2.59. The molecule has 1 aliphatic heterocycles. The molecular formula is C15H25NO. The van der Waals surface area contributed by atoms with Crippen LogP contribution in [0.1, 0.15) is 39.5 Å². The number of aliphatic hydroxyl groups excluding tert-OH is 1. The highest BCUT2D eigenvalue weighted by Gasteiger charge is 2.51. The normalized spacial score (nSPS) is 40.6. The van der Waals surface area contributed by atoms with Gasteiger partial charge >= 0.3 is 0 Å². The summed E-state index contributed by atoms with van der Waals surface area (Å²) in [5, 5.41) is 9.73. The number of fused-ring (bicyclic) bond motifs is 1. The van der Waals surface area contributed by atoms with Crippen molar-refractivity contribution >= 4 is 0 Å². The molecule has 3 aliphatic carbocycles. The van der Waals surface area contributed by atoms with Crippen molar-refractivity contribution < 1.29 is 5.11 Å². The number of piperidine rings is 1. The van der Waals surface area contributed by atoms with E-state index in [1.807, 2.05) is 0 Å². The standard InChI is InChI=1S/C15H25NO/c1-15(2)12-6-5-11(14(15)8-12)9-16-7-3-4-13(17)10-16/h5,12-14,17H,3-4,6-10H2,1-2H3/t12-,13+,14+/m0/s1. The monoisotopic (exact) mass is 235 g/mol. The van der Waals surface area contributed by atoms with Crippen molar-refractivity contribution in [3.8, 4) is 0 Å². The molecule has 0 aromatic carbocycles. The summed E-state index contributed by atoms with van der Waals surface area (Å²) in [7, 11) is 0. The molecule has 2 nitrogen and oxygen atoms in total. The van der Waals surface area contributed by atoms with E-state index >= 15 is 0 Å². The van der Waals surface area contributed by atoms with E-state index in [-0.39, 0.29) is 6.10 Å². The Kier molecular flexibility index (Phi) is 2.83. The molecule has 1 heterocycles. The zero-order chi connectivity index (χ0) is 12.0. The van der Waals surface area contributed by atoms with Gasteiger partial charge in [-0.2, -0.15) is 0 Å². The van der Waals surface area contributed by atoms with Crippen LogP contribution in [0.25, 0.3) is 0 Å². The molecule has 0 spiro atoms. The Balaban J connectivity index is 1.64. The Bertz CT molecular complexity index is 334. The van der Waals surface area contributed by atoms with Gasteiger partial charge in [0.05, 0.1) is 6.10 Å². The largest absolute Gasteiger partial charge is 0.392 e. The Morgan fingerprint density at radius 2 is 2.29 bits per heavy atom. The van der Waals surface area contributed by atoms with Gasteiger partial charge in [-0.25, -0.2) is 0 Å². The number of aliphatic hydroxyl groups is 1. The van der Waals surface area contributed by atoms with Crippen LogP contribution in [0.3, 0.4) is 0 Å². The molecule has 1 saturated heterocycles. The summed E-state index contributed by atoms with van der Waals surface area (Å²) < 4.78 is 0. The minimum absolute atomic E-state index is 0.0879. The fourth-order valence-corrected chi connectivity index (χ4v) is 4.09. The van der Waals surface area contributed by atoms with Crippen LogP contribution in [0.5, 0.6) is 0 Å². The quantitative estimate of drug-likeness (QED) is 0.743. The van der Waals surface area contributed by atoms with Crippen molar-refractivity contribution in [1.29, 1.82) is 0 Å². The van der Waals surface area contributed by atoms with Gasteiger partial charge in [0.2, 0.25) is 0 Å². The van der Waals surface area contributed by atoms with Crippen LogP contribution < -0.4 is 0 Å². The SMILES string of the molecule is CC1(C)[C@H]2CC=C(CN3CCC[C@@H](O)C3)[C@H]1C2. The highest BCUT2D eigenvalue weighted by molar-refractivity contribution is 5.24. The molecule has 1 N–H and O–H groups in total. The molecule has 17 heavy (non-hydrogen) atoms. The van der Waals surface area contributed by atoms with Crippen LogP contribution in [0.2, 0.25) is 0 Å². The van der Waals surface area contributed by atoms with Crippen molar-refractivity contribution in [2.45, 2.75) is 45.6 Å². The predicted molar refractivity (Wildman–Crippen MR) is 69.8 cm³/mol. The minimum atomic E-state index is -0.0879. The van der Waals surface area contributed by atoms with E-state index < -0.39 is 0 Å². The number of hydrogen-bond donors (Lipinski definition) is 1. The second kappa shape index (κ2) is 4.10. The Morgan fingerprint density at radius 1 is 1.47 bits per heavy atom. The van der Waals surface area contributed by atoms with Crippen LogP contribution >= 0.6 is 0 Å². The highest BCUT2D eigenvalue weighted by atomic mass is 16.3. The minimum Gasteiger partial charge on any atom is -0.392 e. The molecule has 4 rings (SSSR count). The average molecular weight is 235 g/mol. The maximum atomic E-state index is 9.73. The maximum Gasteiger partial charge on any atom is 0.0667 e. The first-order valence-electron chi connectivity index (χ1n) is 7.16. The molecule has 2 fully saturated rings. The van der Waals surface area contributed by atoms with E-state index in [2.05, 4.69) is 24.8 Å². The van der Waals surface area contributed by atoms with Crippen LogP contribution in [-0.4, -0.2) is 35.7 Å². The molecule has 0 aromatic rings. The molecule has 2 bridgehead atoms. The topological polar surface area (TPSA) is 23.5 Å². The molecule has 0 amide bonds. The first kappa shape index (κ1) is 11.7. The smallest absolute Gasteiger partial charge is 0.0667 e. The molecule has 0 radical (unpaired) electrons. The summed E-state index contributed by atoms with van der Waals surface area (Å²) in [5.74, 6) is 1.75. The van der Waals surface area contributed by atoms with Gasteiger partial charge in [0.25, 0.3) is 0 Å². The zero-order valence-corrected chi connectivity index (χ0v) is 11.2. The fourth-order valence-electron chi connectivity index (χ4n) is 4.09. The number of hydrogen-bond acceptors (Lipinski definition) is 2. The lowest BCUT2D eigenvalue weighted by molar-refractivity contribution is -0.0136. The van der Waals surface area contributed by atoms with E-state index in [0.717, 1.165) is 37.8 Å². The number of allylic oxidation sites excluding steroid dienone is 1. The van der Waals surface area contributed by atoms with Crippen LogP contribution in [0.4, 0.5) is 0 Å². The van der Waals surface area contributed by atoms with Gasteiger partial charge in [-0.15, -0.1) is 0 Å². The second-order valence-corrected chi connectivity index (χ2v) is 6.85. The summed E-state index contributed by atoms with van der Waals surface area (Å²) in [6.45, 7) is 8.03. The van der Waals surface area contributed by atoms with Gasteiger partial charge in [-0.1, -0.05) is 25.5 Å². The van der Waals surface area contributed by atoms with Gasteiger partial charge in [0.15, 0.2) is 0 Å². The zero-order valence-electron chi connectivity index (χ0n) is 11.2. The molecule has 96 valence electrons. The summed E-state index contributed by atoms with van der Waals surface area (Å²) in [4.78, 5) is 2.45. The molecule has 3 atom stereocenters. The van der Waals surface area contributed by atoms with Crippen LogP contribution in [0.15, 0.2) is 11.6 Å². The number of rotatable bonds is 2. The van der Waals surface area contributed by atoms with Gasteiger partial charge in [0, 0.05) is 13.1 Å². The van der Waals surface area contributed by atoms with Crippen molar-refractivity contribution in [3.05, 3.63) is 11.6 Å². The van der Waals surface area contributed by atoms with Gasteiger partial charge in [0.1, 0.15) is 0 Å².